The van der Waals surface area contributed by atoms with Gasteiger partial charge in [-0.15, -0.1) is 0 Å². The second-order valence-corrected chi connectivity index (χ2v) is 6.89. The largest absolute Gasteiger partial charge is 0.490 e. The molecular formula is C19H28N2O3. The Bertz CT molecular complexity index is 515. The highest BCUT2D eigenvalue weighted by Crippen LogP contribution is 2.33. The molecule has 1 N–H and O–H groups in total. The third-order valence-corrected chi connectivity index (χ3v) is 5.21. The molecule has 0 radical (unpaired) electrons. The van der Waals surface area contributed by atoms with Gasteiger partial charge in [0.15, 0.2) is 0 Å². The van der Waals surface area contributed by atoms with Gasteiger partial charge in [-0.1, -0.05) is 18.2 Å². The fourth-order valence-corrected chi connectivity index (χ4v) is 3.81. The van der Waals surface area contributed by atoms with E-state index in [1.165, 1.54) is 0 Å². The molecule has 2 aliphatic heterocycles. The molecule has 0 aromatic heterocycles. The molecule has 1 aromatic rings. The van der Waals surface area contributed by atoms with E-state index in [-0.39, 0.29) is 17.4 Å². The van der Waals surface area contributed by atoms with Crippen molar-refractivity contribution < 1.29 is 14.3 Å². The van der Waals surface area contributed by atoms with E-state index in [0.29, 0.717) is 6.61 Å². The number of likely N-dealkylation sites (tertiary alicyclic amines) is 1. The first-order valence-electron chi connectivity index (χ1n) is 8.94. The maximum Gasteiger partial charge on any atom is 0.231 e. The minimum absolute atomic E-state index is 0.197. The summed E-state index contributed by atoms with van der Waals surface area (Å²) < 4.78 is 11.4. The minimum atomic E-state index is -0.340. The molecule has 24 heavy (non-hydrogen) atoms. The SMILES string of the molecule is COCC1(C(=O)N2CCC(Oc3ccccc3)CC2)CCNCC1. The van der Waals surface area contributed by atoms with Crippen LogP contribution in [0, 0.1) is 5.41 Å². The van der Waals surface area contributed by atoms with Gasteiger partial charge in [-0.25, -0.2) is 0 Å². The summed E-state index contributed by atoms with van der Waals surface area (Å²) in [4.78, 5) is 15.1. The topological polar surface area (TPSA) is 50.8 Å². The van der Waals surface area contributed by atoms with E-state index >= 15 is 0 Å². The molecule has 1 amide bonds. The van der Waals surface area contributed by atoms with Gasteiger partial charge in [-0.05, 0) is 38.1 Å². The Morgan fingerprint density at radius 3 is 2.50 bits per heavy atom. The van der Waals surface area contributed by atoms with Crippen molar-refractivity contribution >= 4 is 5.91 Å². The van der Waals surface area contributed by atoms with E-state index in [0.717, 1.165) is 57.6 Å². The van der Waals surface area contributed by atoms with Crippen molar-refractivity contribution in [3.8, 4) is 5.75 Å². The van der Waals surface area contributed by atoms with Crippen molar-refractivity contribution in [3.05, 3.63) is 30.3 Å². The number of carbonyl (C=O) groups excluding carboxylic acids is 1. The number of piperidine rings is 2. The summed E-state index contributed by atoms with van der Waals surface area (Å²) in [6, 6.07) is 9.93. The normalized spacial score (nSPS) is 21.5. The van der Waals surface area contributed by atoms with Gasteiger partial charge < -0.3 is 19.7 Å². The molecule has 0 saturated carbocycles. The number of nitrogens with zero attached hydrogens (tertiary/aromatic N) is 1. The molecule has 0 aliphatic carbocycles. The van der Waals surface area contributed by atoms with Gasteiger partial charge in [0.25, 0.3) is 0 Å². The molecule has 5 nitrogen and oxygen atoms in total. The lowest BCUT2D eigenvalue weighted by molar-refractivity contribution is -0.149. The number of benzene rings is 1. The van der Waals surface area contributed by atoms with E-state index < -0.39 is 0 Å². The molecule has 0 unspecified atom stereocenters. The number of ether oxygens (including phenoxy) is 2. The zero-order valence-corrected chi connectivity index (χ0v) is 14.5. The Kier molecular flexibility index (Phi) is 5.74. The van der Waals surface area contributed by atoms with Crippen LogP contribution in [0.4, 0.5) is 0 Å². The first-order valence-corrected chi connectivity index (χ1v) is 8.94. The number of hydrogen-bond donors (Lipinski definition) is 1. The summed E-state index contributed by atoms with van der Waals surface area (Å²) in [7, 11) is 1.69. The number of rotatable bonds is 5. The van der Waals surface area contributed by atoms with E-state index in [1.807, 2.05) is 35.2 Å². The second kappa shape index (κ2) is 7.99. The summed E-state index contributed by atoms with van der Waals surface area (Å²) in [5.41, 5.74) is -0.340. The molecule has 2 fully saturated rings. The molecule has 3 rings (SSSR count). The van der Waals surface area contributed by atoms with E-state index in [1.54, 1.807) is 7.11 Å². The number of hydrogen-bond acceptors (Lipinski definition) is 4. The van der Waals surface area contributed by atoms with Gasteiger partial charge in [0.2, 0.25) is 5.91 Å². The zero-order valence-electron chi connectivity index (χ0n) is 14.5. The molecule has 2 aliphatic rings. The van der Waals surface area contributed by atoms with E-state index in [9.17, 15) is 4.79 Å². The predicted molar refractivity (Wildman–Crippen MR) is 93.1 cm³/mol. The lowest BCUT2D eigenvalue weighted by Gasteiger charge is -2.41. The summed E-state index contributed by atoms with van der Waals surface area (Å²) in [6.45, 7) is 3.85. The highest BCUT2D eigenvalue weighted by molar-refractivity contribution is 5.83. The molecule has 2 heterocycles. The van der Waals surface area contributed by atoms with Crippen LogP contribution in [0.1, 0.15) is 25.7 Å². The average Bonchev–Trinajstić information content (AvgIpc) is 2.64. The molecule has 1 aromatic carbocycles. The van der Waals surface area contributed by atoms with Crippen LogP contribution in [0.5, 0.6) is 5.75 Å². The van der Waals surface area contributed by atoms with Crippen LogP contribution in [0.2, 0.25) is 0 Å². The van der Waals surface area contributed by atoms with Crippen molar-refractivity contribution in [3.63, 3.8) is 0 Å². The molecule has 0 atom stereocenters. The Labute approximate surface area is 144 Å². The fourth-order valence-electron chi connectivity index (χ4n) is 3.81. The molecule has 2 saturated heterocycles. The Balaban J connectivity index is 1.56. The first-order chi connectivity index (χ1) is 11.7. The molecule has 0 bridgehead atoms. The molecule has 0 spiro atoms. The lowest BCUT2D eigenvalue weighted by atomic mass is 9.78. The van der Waals surface area contributed by atoms with Crippen molar-refractivity contribution in [2.75, 3.05) is 39.9 Å². The molecule has 5 heteroatoms. The lowest BCUT2D eigenvalue weighted by Crippen LogP contribution is -2.54. The summed E-state index contributed by atoms with van der Waals surface area (Å²) in [5.74, 6) is 1.18. The minimum Gasteiger partial charge on any atom is -0.490 e. The fraction of sp³-hybridized carbons (Fsp3) is 0.632. The third kappa shape index (κ3) is 3.90. The van der Waals surface area contributed by atoms with Crippen LogP contribution >= 0.6 is 0 Å². The summed E-state index contributed by atoms with van der Waals surface area (Å²) >= 11 is 0. The summed E-state index contributed by atoms with van der Waals surface area (Å²) in [6.07, 6.45) is 3.70. The molecule has 132 valence electrons. The van der Waals surface area contributed by atoms with Gasteiger partial charge in [0, 0.05) is 33.0 Å². The van der Waals surface area contributed by atoms with Crippen LogP contribution in [0.15, 0.2) is 30.3 Å². The van der Waals surface area contributed by atoms with Gasteiger partial charge >= 0.3 is 0 Å². The maximum absolute atomic E-state index is 13.1. The number of methoxy groups -OCH3 is 1. The van der Waals surface area contributed by atoms with Crippen LogP contribution < -0.4 is 10.1 Å². The Morgan fingerprint density at radius 1 is 1.21 bits per heavy atom. The average molecular weight is 332 g/mol. The van der Waals surface area contributed by atoms with Crippen LogP contribution in [0.25, 0.3) is 0 Å². The summed E-state index contributed by atoms with van der Waals surface area (Å²) in [5, 5.41) is 3.34. The first kappa shape index (κ1) is 17.2. The van der Waals surface area contributed by atoms with Crippen molar-refractivity contribution in [1.82, 2.24) is 10.2 Å². The van der Waals surface area contributed by atoms with E-state index in [2.05, 4.69) is 5.32 Å². The van der Waals surface area contributed by atoms with Gasteiger partial charge in [-0.3, -0.25) is 4.79 Å². The van der Waals surface area contributed by atoms with Crippen LogP contribution in [-0.4, -0.2) is 56.8 Å². The quantitative estimate of drug-likeness (QED) is 0.897. The van der Waals surface area contributed by atoms with Gasteiger partial charge in [-0.2, -0.15) is 0 Å². The zero-order chi connectivity index (χ0) is 16.8. The standard InChI is InChI=1S/C19H28N2O3/c1-23-15-19(9-11-20-12-10-19)18(22)21-13-7-17(8-14-21)24-16-5-3-2-4-6-16/h2-6,17,20H,7-15H2,1H3. The highest BCUT2D eigenvalue weighted by atomic mass is 16.5. The Hall–Kier alpha value is -1.59. The molecular weight excluding hydrogens is 304 g/mol. The highest BCUT2D eigenvalue weighted by Gasteiger charge is 2.43. The number of carbonyl (C=O) groups is 1. The Morgan fingerprint density at radius 2 is 1.88 bits per heavy atom. The van der Waals surface area contributed by atoms with Crippen molar-refractivity contribution in [1.29, 1.82) is 0 Å². The number of amides is 1. The monoisotopic (exact) mass is 332 g/mol. The third-order valence-electron chi connectivity index (χ3n) is 5.21. The van der Waals surface area contributed by atoms with Crippen molar-refractivity contribution in [2.24, 2.45) is 5.41 Å². The smallest absolute Gasteiger partial charge is 0.231 e. The maximum atomic E-state index is 13.1. The van der Waals surface area contributed by atoms with E-state index in [4.69, 9.17) is 9.47 Å². The van der Waals surface area contributed by atoms with Gasteiger partial charge in [0.1, 0.15) is 11.9 Å². The number of para-hydroxylation sites is 1. The predicted octanol–water partition coefficient (Wildman–Crippen LogP) is 2.07. The second-order valence-electron chi connectivity index (χ2n) is 6.89. The van der Waals surface area contributed by atoms with Crippen LogP contribution in [-0.2, 0) is 9.53 Å². The number of nitrogens with one attached hydrogen (secondary N) is 1. The van der Waals surface area contributed by atoms with Crippen molar-refractivity contribution in [2.45, 2.75) is 31.8 Å². The van der Waals surface area contributed by atoms with Gasteiger partial charge in [0.05, 0.1) is 12.0 Å². The van der Waals surface area contributed by atoms with Crippen LogP contribution in [0.3, 0.4) is 0 Å².